The van der Waals surface area contributed by atoms with Gasteiger partial charge in [-0.05, 0) is 49.1 Å². The molecule has 7 heteroatoms. The van der Waals surface area contributed by atoms with Crippen molar-refractivity contribution in [3.8, 4) is 5.69 Å². The van der Waals surface area contributed by atoms with Crippen molar-refractivity contribution in [3.05, 3.63) is 47.5 Å². The minimum absolute atomic E-state index is 0.0504. The van der Waals surface area contributed by atoms with Gasteiger partial charge in [-0.3, -0.25) is 9.59 Å². The second-order valence-corrected chi connectivity index (χ2v) is 6.45. The monoisotopic (exact) mass is 347 g/mol. The summed E-state index contributed by atoms with van der Waals surface area (Å²) in [5, 5.41) is 16.0. The Balaban J connectivity index is 2.06. The third kappa shape index (κ3) is 4.89. The number of carboxylic acid groups (broad SMARTS) is 1. The fraction of sp³-hybridized carbons (Fsp3) is 0.389. The van der Waals surface area contributed by atoms with Crippen molar-refractivity contribution in [2.24, 2.45) is 11.8 Å². The van der Waals surface area contributed by atoms with E-state index in [0.717, 1.165) is 0 Å². The Bertz CT molecular complexity index is 771. The lowest BCUT2D eigenvalue weighted by Gasteiger charge is -2.14. The molecule has 0 spiro atoms. The molecule has 0 aliphatic rings. The van der Waals surface area contributed by atoms with Crippen LogP contribution < -0.4 is 5.32 Å². The molecule has 1 amide bonds. The Morgan fingerprint density at radius 1 is 1.32 bits per heavy atom. The van der Waals surface area contributed by atoms with Crippen LogP contribution in [0.25, 0.3) is 5.69 Å². The predicted octanol–water partition coefficient (Wildman–Crippen LogP) is 2.80. The number of carbonyl (C=O) groups excluding carboxylic acids is 1. The molecule has 2 aromatic rings. The molecule has 0 radical (unpaired) electrons. The number of carboxylic acids is 1. The molecule has 1 aromatic heterocycles. The zero-order chi connectivity index (χ0) is 18.6. The molecule has 0 aliphatic carbocycles. The maximum absolute atomic E-state index is 13.2. The van der Waals surface area contributed by atoms with E-state index in [-0.39, 0.29) is 24.0 Å². The third-order valence-corrected chi connectivity index (χ3v) is 3.84. The number of carbonyl (C=O) groups is 2. The van der Waals surface area contributed by atoms with Gasteiger partial charge in [0, 0.05) is 12.7 Å². The van der Waals surface area contributed by atoms with Gasteiger partial charge in [-0.15, -0.1) is 0 Å². The first-order valence-corrected chi connectivity index (χ1v) is 8.11. The molecule has 6 nitrogen and oxygen atoms in total. The number of hydrogen-bond donors (Lipinski definition) is 2. The maximum atomic E-state index is 13.2. The van der Waals surface area contributed by atoms with E-state index in [4.69, 9.17) is 0 Å². The smallest absolute Gasteiger partial charge is 0.308 e. The van der Waals surface area contributed by atoms with Gasteiger partial charge in [0.2, 0.25) is 0 Å². The van der Waals surface area contributed by atoms with E-state index in [2.05, 4.69) is 10.4 Å². The molecule has 1 atom stereocenters. The number of nitrogens with zero attached hydrogens (tertiary/aromatic N) is 2. The first-order chi connectivity index (χ1) is 11.8. The van der Waals surface area contributed by atoms with Crippen molar-refractivity contribution in [1.29, 1.82) is 0 Å². The average molecular weight is 347 g/mol. The van der Waals surface area contributed by atoms with Crippen molar-refractivity contribution in [2.45, 2.75) is 27.2 Å². The molecular weight excluding hydrogens is 325 g/mol. The van der Waals surface area contributed by atoms with E-state index in [9.17, 15) is 19.1 Å². The Morgan fingerprint density at radius 3 is 2.64 bits per heavy atom. The maximum Gasteiger partial charge on any atom is 0.308 e. The lowest BCUT2D eigenvalue weighted by Crippen LogP contribution is -2.34. The third-order valence-electron chi connectivity index (χ3n) is 3.84. The van der Waals surface area contributed by atoms with Gasteiger partial charge in [0.05, 0.1) is 11.6 Å². The van der Waals surface area contributed by atoms with E-state index in [1.54, 1.807) is 19.2 Å². The van der Waals surface area contributed by atoms with Gasteiger partial charge in [0.25, 0.3) is 5.91 Å². The summed E-state index contributed by atoms with van der Waals surface area (Å²) >= 11 is 0. The summed E-state index contributed by atoms with van der Waals surface area (Å²) in [5.74, 6) is -2.12. The van der Waals surface area contributed by atoms with Gasteiger partial charge in [0.1, 0.15) is 5.82 Å². The van der Waals surface area contributed by atoms with Crippen LogP contribution in [0, 0.1) is 24.6 Å². The van der Waals surface area contributed by atoms with Crippen molar-refractivity contribution in [1.82, 2.24) is 15.1 Å². The Kier molecular flexibility index (Phi) is 5.90. The summed E-state index contributed by atoms with van der Waals surface area (Å²) in [7, 11) is 0. The van der Waals surface area contributed by atoms with E-state index in [0.29, 0.717) is 17.7 Å². The Labute approximate surface area is 145 Å². The summed E-state index contributed by atoms with van der Waals surface area (Å²) in [4.78, 5) is 23.4. The van der Waals surface area contributed by atoms with Crippen LogP contribution in [0.1, 0.15) is 36.3 Å². The number of aliphatic carboxylic acids is 1. The van der Waals surface area contributed by atoms with Gasteiger partial charge in [-0.25, -0.2) is 9.07 Å². The van der Waals surface area contributed by atoms with Crippen LogP contribution in [-0.4, -0.2) is 33.3 Å². The number of halogens is 1. The van der Waals surface area contributed by atoms with E-state index in [1.165, 1.54) is 22.9 Å². The van der Waals surface area contributed by atoms with Gasteiger partial charge in [-0.1, -0.05) is 13.8 Å². The normalized spacial score (nSPS) is 12.2. The molecule has 2 N–H and O–H groups in total. The lowest BCUT2D eigenvalue weighted by molar-refractivity contribution is -0.142. The summed E-state index contributed by atoms with van der Waals surface area (Å²) in [6.07, 6.45) is 2.09. The van der Waals surface area contributed by atoms with Crippen LogP contribution in [0.5, 0.6) is 0 Å². The highest BCUT2D eigenvalue weighted by Gasteiger charge is 2.20. The van der Waals surface area contributed by atoms with E-state index >= 15 is 0 Å². The summed E-state index contributed by atoms with van der Waals surface area (Å²) < 4.78 is 14.7. The number of nitrogens with one attached hydrogen (secondary N) is 1. The molecule has 0 fully saturated rings. The van der Waals surface area contributed by atoms with Gasteiger partial charge in [-0.2, -0.15) is 5.10 Å². The van der Waals surface area contributed by atoms with Gasteiger partial charge >= 0.3 is 5.97 Å². The molecule has 25 heavy (non-hydrogen) atoms. The van der Waals surface area contributed by atoms with Gasteiger partial charge in [0.15, 0.2) is 5.69 Å². The summed E-state index contributed by atoms with van der Waals surface area (Å²) in [6.45, 7) is 5.67. The molecule has 0 bridgehead atoms. The largest absolute Gasteiger partial charge is 0.481 e. The minimum Gasteiger partial charge on any atom is -0.481 e. The fourth-order valence-corrected chi connectivity index (χ4v) is 2.60. The highest BCUT2D eigenvalue weighted by atomic mass is 19.1. The second-order valence-electron chi connectivity index (χ2n) is 6.45. The number of benzene rings is 1. The molecular formula is C18H22FN3O3. The molecule has 0 aliphatic heterocycles. The average Bonchev–Trinajstić information content (AvgIpc) is 3.00. The molecule has 134 valence electrons. The Hall–Kier alpha value is -2.70. The van der Waals surface area contributed by atoms with E-state index < -0.39 is 17.8 Å². The second kappa shape index (κ2) is 7.92. The molecule has 2 rings (SSSR count). The molecule has 1 heterocycles. The van der Waals surface area contributed by atoms with Crippen LogP contribution in [0.4, 0.5) is 4.39 Å². The Morgan fingerprint density at radius 2 is 2.04 bits per heavy atom. The number of amides is 1. The highest BCUT2D eigenvalue weighted by molar-refractivity contribution is 5.92. The molecule has 1 unspecified atom stereocenters. The van der Waals surface area contributed by atoms with Crippen molar-refractivity contribution in [3.63, 3.8) is 0 Å². The lowest BCUT2D eigenvalue weighted by atomic mass is 9.97. The summed E-state index contributed by atoms with van der Waals surface area (Å²) in [5.41, 5.74) is 1.54. The quantitative estimate of drug-likeness (QED) is 0.807. The number of rotatable bonds is 7. The van der Waals surface area contributed by atoms with Crippen LogP contribution in [0.15, 0.2) is 30.5 Å². The highest BCUT2D eigenvalue weighted by Crippen LogP contribution is 2.15. The molecule has 0 saturated carbocycles. The standard InChI is InChI=1S/C18H22FN3O3/c1-11(2)8-13(18(24)25)10-20-17(23)15-6-7-22(21-15)16-5-4-14(19)9-12(16)3/h4-7,9,11,13H,8,10H2,1-3H3,(H,20,23)(H,24,25). The zero-order valence-electron chi connectivity index (χ0n) is 14.5. The molecule has 0 saturated heterocycles. The van der Waals surface area contributed by atoms with Crippen molar-refractivity contribution in [2.75, 3.05) is 6.54 Å². The fourth-order valence-electron chi connectivity index (χ4n) is 2.60. The van der Waals surface area contributed by atoms with Crippen LogP contribution in [-0.2, 0) is 4.79 Å². The van der Waals surface area contributed by atoms with Crippen LogP contribution >= 0.6 is 0 Å². The SMILES string of the molecule is Cc1cc(F)ccc1-n1ccc(C(=O)NCC(CC(C)C)C(=O)O)n1. The van der Waals surface area contributed by atoms with Crippen LogP contribution in [0.2, 0.25) is 0 Å². The van der Waals surface area contributed by atoms with E-state index in [1.807, 2.05) is 13.8 Å². The number of hydrogen-bond acceptors (Lipinski definition) is 3. The summed E-state index contributed by atoms with van der Waals surface area (Å²) in [6, 6.07) is 5.84. The van der Waals surface area contributed by atoms with Crippen molar-refractivity contribution < 1.29 is 19.1 Å². The predicted molar refractivity (Wildman–Crippen MR) is 91.2 cm³/mol. The van der Waals surface area contributed by atoms with Crippen molar-refractivity contribution >= 4 is 11.9 Å². The topological polar surface area (TPSA) is 84.2 Å². The first kappa shape index (κ1) is 18.6. The van der Waals surface area contributed by atoms with Gasteiger partial charge < -0.3 is 10.4 Å². The number of aromatic nitrogens is 2. The number of aryl methyl sites for hydroxylation is 1. The minimum atomic E-state index is -0.929. The first-order valence-electron chi connectivity index (χ1n) is 8.11. The van der Waals surface area contributed by atoms with Crippen LogP contribution in [0.3, 0.4) is 0 Å². The molecule has 1 aromatic carbocycles. The zero-order valence-corrected chi connectivity index (χ0v) is 14.5.